The molecule has 0 aromatic heterocycles. The molecule has 4 nitrogen and oxygen atoms in total. The highest BCUT2D eigenvalue weighted by Gasteiger charge is 2.35. The zero-order chi connectivity index (χ0) is 16.2. The summed E-state index contributed by atoms with van der Waals surface area (Å²) in [5.41, 5.74) is 0.505. The summed E-state index contributed by atoms with van der Waals surface area (Å²) in [6.07, 6.45) is 3.06. The molecular weight excluding hydrogens is 327 g/mol. The van der Waals surface area contributed by atoms with Gasteiger partial charge in [0, 0.05) is 17.0 Å². The van der Waals surface area contributed by atoms with Gasteiger partial charge < -0.3 is 18.9 Å². The minimum atomic E-state index is -0.287. The Kier molecular flexibility index (Phi) is 5.98. The SMILES string of the molecule is CO/C=C\c1cc(Cl)c(Cl)cc1OCC(C)(C)C1OCCO1. The van der Waals surface area contributed by atoms with Crippen molar-refractivity contribution >= 4 is 29.3 Å². The third-order valence-corrected chi connectivity index (χ3v) is 4.02. The molecule has 0 atom stereocenters. The van der Waals surface area contributed by atoms with E-state index in [0.29, 0.717) is 35.6 Å². The van der Waals surface area contributed by atoms with Crippen LogP contribution in [0, 0.1) is 5.41 Å². The summed E-state index contributed by atoms with van der Waals surface area (Å²) in [5.74, 6) is 0.633. The van der Waals surface area contributed by atoms with Gasteiger partial charge in [0.25, 0.3) is 0 Å². The second kappa shape index (κ2) is 7.55. The first-order chi connectivity index (χ1) is 10.4. The van der Waals surface area contributed by atoms with Crippen LogP contribution in [-0.2, 0) is 14.2 Å². The minimum Gasteiger partial charge on any atom is -0.504 e. The Labute approximate surface area is 140 Å². The molecule has 2 rings (SSSR count). The molecule has 22 heavy (non-hydrogen) atoms. The van der Waals surface area contributed by atoms with Gasteiger partial charge in [0.05, 0.1) is 43.2 Å². The lowest BCUT2D eigenvalue weighted by molar-refractivity contribution is -0.131. The fraction of sp³-hybridized carbons (Fsp3) is 0.500. The lowest BCUT2D eigenvalue weighted by atomic mass is 9.94. The number of rotatable bonds is 6. The highest BCUT2D eigenvalue weighted by molar-refractivity contribution is 6.42. The van der Waals surface area contributed by atoms with Crippen molar-refractivity contribution in [3.05, 3.63) is 34.0 Å². The first-order valence-electron chi connectivity index (χ1n) is 6.98. The van der Waals surface area contributed by atoms with Crippen molar-refractivity contribution in [1.29, 1.82) is 0 Å². The molecule has 0 radical (unpaired) electrons. The first kappa shape index (κ1) is 17.4. The molecule has 0 bridgehead atoms. The van der Waals surface area contributed by atoms with Gasteiger partial charge in [-0.25, -0.2) is 0 Å². The number of ether oxygens (including phenoxy) is 4. The fourth-order valence-electron chi connectivity index (χ4n) is 2.08. The average molecular weight is 347 g/mol. The predicted molar refractivity (Wildman–Crippen MR) is 87.5 cm³/mol. The normalized spacial score (nSPS) is 16.4. The van der Waals surface area contributed by atoms with E-state index in [1.165, 1.54) is 0 Å². The van der Waals surface area contributed by atoms with E-state index in [0.717, 1.165) is 5.56 Å². The van der Waals surface area contributed by atoms with E-state index < -0.39 is 0 Å². The summed E-state index contributed by atoms with van der Waals surface area (Å²) in [6.45, 7) is 5.71. The zero-order valence-corrected chi connectivity index (χ0v) is 14.4. The number of hydrogen-bond acceptors (Lipinski definition) is 4. The molecule has 122 valence electrons. The van der Waals surface area contributed by atoms with Gasteiger partial charge in [0.15, 0.2) is 6.29 Å². The first-order valence-corrected chi connectivity index (χ1v) is 7.74. The van der Waals surface area contributed by atoms with Gasteiger partial charge in [0.1, 0.15) is 5.75 Å². The van der Waals surface area contributed by atoms with E-state index in [2.05, 4.69) is 0 Å². The van der Waals surface area contributed by atoms with E-state index >= 15 is 0 Å². The molecule has 1 fully saturated rings. The highest BCUT2D eigenvalue weighted by atomic mass is 35.5. The van der Waals surface area contributed by atoms with E-state index in [-0.39, 0.29) is 11.7 Å². The topological polar surface area (TPSA) is 36.9 Å². The van der Waals surface area contributed by atoms with Gasteiger partial charge in [-0.05, 0) is 12.1 Å². The summed E-state index contributed by atoms with van der Waals surface area (Å²) < 4.78 is 22.0. The van der Waals surface area contributed by atoms with Gasteiger partial charge in [-0.2, -0.15) is 0 Å². The van der Waals surface area contributed by atoms with Crippen molar-refractivity contribution in [1.82, 2.24) is 0 Å². The Morgan fingerprint density at radius 2 is 1.86 bits per heavy atom. The summed E-state index contributed by atoms with van der Waals surface area (Å²) in [7, 11) is 1.58. The number of halogens is 2. The summed E-state index contributed by atoms with van der Waals surface area (Å²) in [5, 5.41) is 0.906. The van der Waals surface area contributed by atoms with Crippen molar-refractivity contribution in [2.24, 2.45) is 5.41 Å². The molecule has 1 aromatic carbocycles. The largest absolute Gasteiger partial charge is 0.504 e. The molecule has 0 amide bonds. The van der Waals surface area contributed by atoms with E-state index in [4.69, 9.17) is 42.1 Å². The maximum Gasteiger partial charge on any atom is 0.166 e. The fourth-order valence-corrected chi connectivity index (χ4v) is 2.41. The van der Waals surface area contributed by atoms with Crippen LogP contribution in [0.25, 0.3) is 6.08 Å². The smallest absolute Gasteiger partial charge is 0.166 e. The molecule has 6 heteroatoms. The van der Waals surface area contributed by atoms with Crippen molar-refractivity contribution < 1.29 is 18.9 Å². The van der Waals surface area contributed by atoms with Crippen LogP contribution < -0.4 is 4.74 Å². The Hall–Kier alpha value is -0.940. The van der Waals surface area contributed by atoms with Crippen LogP contribution in [0.1, 0.15) is 19.4 Å². The quantitative estimate of drug-likeness (QED) is 0.716. The summed E-state index contributed by atoms with van der Waals surface area (Å²) in [6, 6.07) is 3.44. The second-order valence-electron chi connectivity index (χ2n) is 5.69. The summed E-state index contributed by atoms with van der Waals surface area (Å²) >= 11 is 12.1. The van der Waals surface area contributed by atoms with Gasteiger partial charge in [-0.3, -0.25) is 0 Å². The van der Waals surface area contributed by atoms with Crippen molar-refractivity contribution in [2.75, 3.05) is 26.9 Å². The van der Waals surface area contributed by atoms with E-state index in [1.807, 2.05) is 13.8 Å². The molecule has 0 N–H and O–H groups in total. The highest BCUT2D eigenvalue weighted by Crippen LogP contribution is 2.34. The molecule has 0 aliphatic carbocycles. The zero-order valence-electron chi connectivity index (χ0n) is 12.9. The number of methoxy groups -OCH3 is 1. The predicted octanol–water partition coefficient (Wildman–Crippen LogP) is 4.39. The maximum atomic E-state index is 6.08. The van der Waals surface area contributed by atoms with Crippen molar-refractivity contribution in [2.45, 2.75) is 20.1 Å². The van der Waals surface area contributed by atoms with Crippen LogP contribution in [0.3, 0.4) is 0 Å². The lowest BCUT2D eigenvalue weighted by Gasteiger charge is -2.29. The number of hydrogen-bond donors (Lipinski definition) is 0. The van der Waals surface area contributed by atoms with Crippen LogP contribution >= 0.6 is 23.2 Å². The monoisotopic (exact) mass is 346 g/mol. The van der Waals surface area contributed by atoms with Gasteiger partial charge in [-0.1, -0.05) is 37.0 Å². The minimum absolute atomic E-state index is 0.270. The van der Waals surface area contributed by atoms with Crippen LogP contribution in [0.15, 0.2) is 18.4 Å². The van der Waals surface area contributed by atoms with Crippen LogP contribution in [0.5, 0.6) is 5.75 Å². The molecule has 1 aliphatic rings. The molecule has 0 saturated carbocycles. The Balaban J connectivity index is 2.14. The number of benzene rings is 1. The molecule has 1 heterocycles. The molecule has 0 spiro atoms. The second-order valence-corrected chi connectivity index (χ2v) is 6.51. The van der Waals surface area contributed by atoms with E-state index in [9.17, 15) is 0 Å². The van der Waals surface area contributed by atoms with Crippen LogP contribution in [0.4, 0.5) is 0 Å². The maximum absolute atomic E-state index is 6.08. The van der Waals surface area contributed by atoms with Crippen LogP contribution in [-0.4, -0.2) is 33.2 Å². The van der Waals surface area contributed by atoms with E-state index in [1.54, 1.807) is 31.6 Å². The standard InChI is InChI=1S/C16H20Cl2O4/c1-16(2,15-20-6-7-21-15)10-22-14-9-13(18)12(17)8-11(14)4-5-19-3/h4-5,8-9,15H,6-7,10H2,1-3H3/b5-4-. The molecular formula is C16H20Cl2O4. The Bertz CT molecular complexity index is 537. The molecule has 1 saturated heterocycles. The lowest BCUT2D eigenvalue weighted by Crippen LogP contribution is -2.36. The van der Waals surface area contributed by atoms with Crippen molar-refractivity contribution in [3.8, 4) is 5.75 Å². The van der Waals surface area contributed by atoms with Gasteiger partial charge >= 0.3 is 0 Å². The average Bonchev–Trinajstić information content (AvgIpc) is 3.01. The third kappa shape index (κ3) is 4.29. The molecule has 0 unspecified atom stereocenters. The van der Waals surface area contributed by atoms with Crippen molar-refractivity contribution in [3.63, 3.8) is 0 Å². The van der Waals surface area contributed by atoms with Gasteiger partial charge in [-0.15, -0.1) is 0 Å². The van der Waals surface area contributed by atoms with Gasteiger partial charge in [0.2, 0.25) is 0 Å². The Morgan fingerprint density at radius 1 is 1.23 bits per heavy atom. The van der Waals surface area contributed by atoms with Crippen LogP contribution in [0.2, 0.25) is 10.0 Å². The summed E-state index contributed by atoms with van der Waals surface area (Å²) in [4.78, 5) is 0. The molecule has 1 aromatic rings. The third-order valence-electron chi connectivity index (χ3n) is 3.30. The Morgan fingerprint density at radius 3 is 2.50 bits per heavy atom. The molecule has 1 aliphatic heterocycles.